The van der Waals surface area contributed by atoms with Crippen LogP contribution >= 0.6 is 0 Å². The molecule has 3 nitrogen and oxygen atoms in total. The van der Waals surface area contributed by atoms with E-state index in [4.69, 9.17) is 0 Å². The van der Waals surface area contributed by atoms with E-state index in [2.05, 4.69) is 54.4 Å². The Kier molecular flexibility index (Phi) is 5.44. The molecule has 0 heterocycles. The molecule has 0 amide bonds. The number of benzene rings is 1. The summed E-state index contributed by atoms with van der Waals surface area (Å²) in [6.07, 6.45) is 4.86. The van der Waals surface area contributed by atoms with E-state index >= 15 is 0 Å². The molecule has 112 valence electrons. The lowest BCUT2D eigenvalue weighted by Crippen LogP contribution is -2.55. The van der Waals surface area contributed by atoms with Crippen LogP contribution in [0.25, 0.3) is 0 Å². The van der Waals surface area contributed by atoms with E-state index < -0.39 is 0 Å². The zero-order valence-corrected chi connectivity index (χ0v) is 12.8. The highest BCUT2D eigenvalue weighted by Crippen LogP contribution is 2.24. The Hall–Kier alpha value is -1.06. The minimum Gasteiger partial charge on any atom is -0.394 e. The number of nitrogens with one attached hydrogen (secondary N) is 1. The molecule has 1 atom stereocenters. The van der Waals surface area contributed by atoms with Crippen LogP contribution in [-0.4, -0.2) is 36.4 Å². The summed E-state index contributed by atoms with van der Waals surface area (Å²) in [5, 5.41) is 13.4. The fourth-order valence-electron chi connectivity index (χ4n) is 2.57. The second kappa shape index (κ2) is 7.09. The first-order valence-corrected chi connectivity index (χ1v) is 7.85. The molecule has 1 fully saturated rings. The molecule has 2 N–H and O–H groups in total. The van der Waals surface area contributed by atoms with Crippen molar-refractivity contribution in [2.75, 3.05) is 24.6 Å². The van der Waals surface area contributed by atoms with Crippen molar-refractivity contribution in [3.63, 3.8) is 0 Å². The Balaban J connectivity index is 2.05. The summed E-state index contributed by atoms with van der Waals surface area (Å²) in [5.74, 6) is 0. The molecule has 0 aromatic heterocycles. The second-order valence-corrected chi connectivity index (χ2v) is 6.25. The fourth-order valence-corrected chi connectivity index (χ4v) is 2.57. The number of anilines is 1. The highest BCUT2D eigenvalue weighted by atomic mass is 16.3. The number of aliphatic hydroxyl groups excluding tert-OH is 1. The van der Waals surface area contributed by atoms with Gasteiger partial charge in [0.2, 0.25) is 0 Å². The average molecular weight is 276 g/mol. The van der Waals surface area contributed by atoms with Crippen LogP contribution in [0.2, 0.25) is 0 Å². The van der Waals surface area contributed by atoms with Gasteiger partial charge in [-0.15, -0.1) is 0 Å². The van der Waals surface area contributed by atoms with Crippen molar-refractivity contribution < 1.29 is 5.11 Å². The Labute approximate surface area is 123 Å². The van der Waals surface area contributed by atoms with Crippen LogP contribution in [0.15, 0.2) is 30.3 Å². The molecule has 1 aliphatic rings. The Morgan fingerprint density at radius 2 is 2.00 bits per heavy atom. The number of rotatable bonds is 9. The number of unbranched alkanes of at least 4 members (excludes halogenated alkanes) is 1. The summed E-state index contributed by atoms with van der Waals surface area (Å²) in [5.41, 5.74) is 1.03. The predicted molar refractivity (Wildman–Crippen MR) is 85.2 cm³/mol. The average Bonchev–Trinajstić information content (AvgIpc) is 3.28. The number of para-hydroxylation sites is 1. The SMILES string of the molecule is CCCCN(CC(C)(CO)NC1CC1)c1ccccc1. The monoisotopic (exact) mass is 276 g/mol. The molecular formula is C17H28N2O. The van der Waals surface area contributed by atoms with E-state index in [1.165, 1.54) is 31.4 Å². The molecule has 1 aliphatic carbocycles. The summed E-state index contributed by atoms with van der Waals surface area (Å²) in [7, 11) is 0. The molecular weight excluding hydrogens is 248 g/mol. The van der Waals surface area contributed by atoms with Crippen molar-refractivity contribution in [1.82, 2.24) is 5.32 Å². The lowest BCUT2D eigenvalue weighted by molar-refractivity contribution is 0.176. The minimum absolute atomic E-state index is 0.180. The lowest BCUT2D eigenvalue weighted by Gasteiger charge is -2.36. The van der Waals surface area contributed by atoms with Gasteiger partial charge in [-0.1, -0.05) is 31.5 Å². The number of hydrogen-bond donors (Lipinski definition) is 2. The van der Waals surface area contributed by atoms with Gasteiger partial charge in [0, 0.05) is 24.8 Å². The van der Waals surface area contributed by atoms with Gasteiger partial charge < -0.3 is 15.3 Å². The molecule has 0 aliphatic heterocycles. The van der Waals surface area contributed by atoms with Crippen LogP contribution in [0.5, 0.6) is 0 Å². The van der Waals surface area contributed by atoms with Gasteiger partial charge in [0.25, 0.3) is 0 Å². The van der Waals surface area contributed by atoms with E-state index in [9.17, 15) is 5.11 Å². The molecule has 1 aromatic rings. The van der Waals surface area contributed by atoms with E-state index in [1.807, 2.05) is 0 Å². The zero-order valence-electron chi connectivity index (χ0n) is 12.8. The van der Waals surface area contributed by atoms with Crippen molar-refractivity contribution in [2.24, 2.45) is 0 Å². The highest BCUT2D eigenvalue weighted by Gasteiger charge is 2.33. The van der Waals surface area contributed by atoms with E-state index in [0.29, 0.717) is 6.04 Å². The number of aliphatic hydroxyl groups is 1. The third-order valence-corrected chi connectivity index (χ3v) is 3.92. The summed E-state index contributed by atoms with van der Waals surface area (Å²) in [4.78, 5) is 2.40. The van der Waals surface area contributed by atoms with Crippen LogP contribution in [-0.2, 0) is 0 Å². The second-order valence-electron chi connectivity index (χ2n) is 6.25. The van der Waals surface area contributed by atoms with Crippen LogP contribution in [0.3, 0.4) is 0 Å². The van der Waals surface area contributed by atoms with Crippen LogP contribution in [0.1, 0.15) is 39.5 Å². The largest absolute Gasteiger partial charge is 0.394 e. The summed E-state index contributed by atoms with van der Waals surface area (Å²) >= 11 is 0. The molecule has 3 heteroatoms. The van der Waals surface area contributed by atoms with Crippen LogP contribution in [0, 0.1) is 0 Å². The van der Waals surface area contributed by atoms with Crippen LogP contribution < -0.4 is 10.2 Å². The van der Waals surface area contributed by atoms with Gasteiger partial charge in [-0.05, 0) is 38.3 Å². The van der Waals surface area contributed by atoms with Gasteiger partial charge in [0.1, 0.15) is 0 Å². The standard InChI is InChI=1S/C17H28N2O/c1-3-4-12-19(16-8-6-5-7-9-16)13-17(2,14-20)18-15-10-11-15/h5-9,15,18,20H,3-4,10-14H2,1-2H3. The molecule has 0 radical (unpaired) electrons. The summed E-state index contributed by atoms with van der Waals surface area (Å²) in [6.45, 7) is 6.43. The summed E-state index contributed by atoms with van der Waals surface area (Å²) < 4.78 is 0. The third-order valence-electron chi connectivity index (χ3n) is 3.92. The Morgan fingerprint density at radius 3 is 2.55 bits per heavy atom. The number of nitrogens with zero attached hydrogens (tertiary/aromatic N) is 1. The smallest absolute Gasteiger partial charge is 0.0628 e. The van der Waals surface area contributed by atoms with E-state index in [0.717, 1.165) is 13.1 Å². The van der Waals surface area contributed by atoms with Gasteiger partial charge in [-0.25, -0.2) is 0 Å². The molecule has 1 saturated carbocycles. The maximum atomic E-state index is 9.79. The zero-order chi connectivity index (χ0) is 14.4. The van der Waals surface area contributed by atoms with Crippen molar-refractivity contribution >= 4 is 5.69 Å². The van der Waals surface area contributed by atoms with Crippen molar-refractivity contribution in [3.05, 3.63) is 30.3 Å². The maximum Gasteiger partial charge on any atom is 0.0628 e. The molecule has 1 aromatic carbocycles. The lowest BCUT2D eigenvalue weighted by atomic mass is 10.0. The maximum absolute atomic E-state index is 9.79. The van der Waals surface area contributed by atoms with Gasteiger partial charge in [-0.2, -0.15) is 0 Å². The van der Waals surface area contributed by atoms with E-state index in [-0.39, 0.29) is 12.1 Å². The van der Waals surface area contributed by atoms with Crippen LogP contribution in [0.4, 0.5) is 5.69 Å². The van der Waals surface area contributed by atoms with Gasteiger partial charge in [0.15, 0.2) is 0 Å². The highest BCUT2D eigenvalue weighted by molar-refractivity contribution is 5.46. The number of hydrogen-bond acceptors (Lipinski definition) is 3. The van der Waals surface area contributed by atoms with Crippen molar-refractivity contribution in [1.29, 1.82) is 0 Å². The Morgan fingerprint density at radius 1 is 1.30 bits per heavy atom. The van der Waals surface area contributed by atoms with E-state index in [1.54, 1.807) is 0 Å². The summed E-state index contributed by atoms with van der Waals surface area (Å²) in [6, 6.07) is 11.1. The van der Waals surface area contributed by atoms with Crippen molar-refractivity contribution in [3.8, 4) is 0 Å². The molecule has 0 saturated heterocycles. The molecule has 2 rings (SSSR count). The first kappa shape index (κ1) is 15.3. The normalized spacial score (nSPS) is 17.8. The first-order valence-electron chi connectivity index (χ1n) is 7.85. The predicted octanol–water partition coefficient (Wildman–Crippen LogP) is 2.80. The molecule has 0 bridgehead atoms. The topological polar surface area (TPSA) is 35.5 Å². The fraction of sp³-hybridized carbons (Fsp3) is 0.647. The van der Waals surface area contributed by atoms with Gasteiger partial charge in [-0.3, -0.25) is 0 Å². The first-order chi connectivity index (χ1) is 9.67. The van der Waals surface area contributed by atoms with Gasteiger partial charge in [0.05, 0.1) is 12.1 Å². The minimum atomic E-state index is -0.218. The molecule has 1 unspecified atom stereocenters. The third kappa shape index (κ3) is 4.50. The van der Waals surface area contributed by atoms with Crippen molar-refractivity contribution in [2.45, 2.75) is 51.1 Å². The molecule has 20 heavy (non-hydrogen) atoms. The van der Waals surface area contributed by atoms with Gasteiger partial charge >= 0.3 is 0 Å². The molecule has 0 spiro atoms. The Bertz CT molecular complexity index is 391. The quantitative estimate of drug-likeness (QED) is 0.728.